The second-order valence-corrected chi connectivity index (χ2v) is 6.00. The molecule has 2 rings (SSSR count). The molecule has 2 atom stereocenters. The maximum Gasteiger partial charge on any atom is 0.416 e. The molecular formula is C20H21F3O5. The van der Waals surface area contributed by atoms with Crippen molar-refractivity contribution >= 4 is 5.97 Å². The molecule has 0 aliphatic rings. The highest BCUT2D eigenvalue weighted by Crippen LogP contribution is 2.31. The van der Waals surface area contributed by atoms with Crippen molar-refractivity contribution in [2.45, 2.75) is 38.7 Å². The van der Waals surface area contributed by atoms with Gasteiger partial charge in [-0.25, -0.2) is 0 Å². The molecule has 0 heterocycles. The monoisotopic (exact) mass is 398 g/mol. The van der Waals surface area contributed by atoms with Crippen molar-refractivity contribution < 1.29 is 37.3 Å². The summed E-state index contributed by atoms with van der Waals surface area (Å²) in [6, 6.07) is 10.7. The Morgan fingerprint density at radius 1 is 1.00 bits per heavy atom. The van der Waals surface area contributed by atoms with Gasteiger partial charge in [0.2, 0.25) is 0 Å². The fourth-order valence-electron chi connectivity index (χ4n) is 2.28. The van der Waals surface area contributed by atoms with Gasteiger partial charge in [-0.1, -0.05) is 0 Å². The van der Waals surface area contributed by atoms with E-state index in [2.05, 4.69) is 0 Å². The molecule has 1 N–H and O–H groups in total. The zero-order valence-electron chi connectivity index (χ0n) is 15.4. The quantitative estimate of drug-likeness (QED) is 0.660. The fraction of sp³-hybridized carbons (Fsp3) is 0.350. The lowest BCUT2D eigenvalue weighted by molar-refractivity contribution is -0.146. The maximum atomic E-state index is 12.6. The van der Waals surface area contributed by atoms with Gasteiger partial charge in [0.05, 0.1) is 18.6 Å². The van der Waals surface area contributed by atoms with Gasteiger partial charge in [0.1, 0.15) is 29.5 Å². The van der Waals surface area contributed by atoms with Crippen LogP contribution >= 0.6 is 0 Å². The second-order valence-electron chi connectivity index (χ2n) is 6.00. The summed E-state index contributed by atoms with van der Waals surface area (Å²) in [6.45, 7) is 3.54. The molecule has 0 radical (unpaired) electrons. The minimum Gasteiger partial charge on any atom is -0.488 e. The lowest BCUT2D eigenvalue weighted by Crippen LogP contribution is -2.31. The van der Waals surface area contributed by atoms with Crippen LogP contribution in [0.25, 0.3) is 0 Å². The van der Waals surface area contributed by atoms with Crippen molar-refractivity contribution in [2.75, 3.05) is 6.61 Å². The highest BCUT2D eigenvalue weighted by atomic mass is 19.4. The van der Waals surface area contributed by atoms with Gasteiger partial charge >= 0.3 is 12.1 Å². The number of halogens is 3. The van der Waals surface area contributed by atoms with Crippen LogP contribution < -0.4 is 9.47 Å². The van der Waals surface area contributed by atoms with Crippen molar-refractivity contribution in [3.05, 3.63) is 54.1 Å². The Morgan fingerprint density at radius 3 is 2.00 bits per heavy atom. The molecule has 152 valence electrons. The summed E-state index contributed by atoms with van der Waals surface area (Å²) in [5.74, 6) is 0.604. The van der Waals surface area contributed by atoms with Gasteiger partial charge < -0.3 is 19.3 Å². The van der Waals surface area contributed by atoms with Crippen LogP contribution in [0.5, 0.6) is 17.2 Å². The number of esters is 1. The lowest BCUT2D eigenvalue weighted by Gasteiger charge is -2.20. The van der Waals surface area contributed by atoms with Gasteiger partial charge in [0, 0.05) is 0 Å². The number of benzene rings is 2. The first-order chi connectivity index (χ1) is 13.2. The van der Waals surface area contributed by atoms with Crippen LogP contribution in [0.1, 0.15) is 25.8 Å². The topological polar surface area (TPSA) is 65.0 Å². The van der Waals surface area contributed by atoms with Crippen molar-refractivity contribution in [2.24, 2.45) is 0 Å². The summed E-state index contributed by atoms with van der Waals surface area (Å²) in [6.07, 6.45) is -6.25. The maximum absolute atomic E-state index is 12.6. The number of carbonyl (C=O) groups is 1. The summed E-state index contributed by atoms with van der Waals surface area (Å²) in [4.78, 5) is 11.4. The van der Waals surface area contributed by atoms with E-state index in [1.807, 2.05) is 0 Å². The molecule has 0 saturated carbocycles. The Kier molecular flexibility index (Phi) is 7.28. The average molecular weight is 398 g/mol. The van der Waals surface area contributed by atoms with Gasteiger partial charge in [-0.05, 0) is 62.4 Å². The van der Waals surface area contributed by atoms with Gasteiger partial charge in [-0.2, -0.15) is 13.2 Å². The van der Waals surface area contributed by atoms with E-state index in [4.69, 9.17) is 14.2 Å². The van der Waals surface area contributed by atoms with E-state index in [1.54, 1.807) is 38.1 Å². The van der Waals surface area contributed by atoms with Crippen LogP contribution in [-0.4, -0.2) is 29.9 Å². The zero-order valence-corrected chi connectivity index (χ0v) is 15.4. The minimum atomic E-state index is -4.40. The van der Waals surface area contributed by atoms with Gasteiger partial charge in [0.25, 0.3) is 0 Å². The normalized spacial score (nSPS) is 13.5. The number of rotatable bonds is 8. The van der Waals surface area contributed by atoms with Crippen LogP contribution in [-0.2, 0) is 15.7 Å². The molecule has 0 aliphatic heterocycles. The highest BCUT2D eigenvalue weighted by Gasteiger charge is 2.30. The van der Waals surface area contributed by atoms with E-state index < -0.39 is 29.9 Å². The molecule has 2 aromatic carbocycles. The van der Waals surface area contributed by atoms with E-state index in [9.17, 15) is 23.1 Å². The number of aliphatic hydroxyl groups is 1. The molecular weight excluding hydrogens is 377 g/mol. The predicted octanol–water partition coefficient (Wildman–Crippen LogP) is 4.58. The molecule has 0 saturated heterocycles. The van der Waals surface area contributed by atoms with Crippen LogP contribution in [0.15, 0.2) is 48.5 Å². The number of ether oxygens (including phenoxy) is 3. The summed E-state index contributed by atoms with van der Waals surface area (Å²) in [5, 5.41) is 9.97. The lowest BCUT2D eigenvalue weighted by atomic mass is 10.1. The largest absolute Gasteiger partial charge is 0.488 e. The molecule has 0 bridgehead atoms. The average Bonchev–Trinajstić information content (AvgIpc) is 2.63. The van der Waals surface area contributed by atoms with Crippen LogP contribution in [0.3, 0.4) is 0 Å². The van der Waals surface area contributed by atoms with Crippen LogP contribution in [0.4, 0.5) is 13.2 Å². The summed E-state index contributed by atoms with van der Waals surface area (Å²) in [5.41, 5.74) is -0.751. The Bertz CT molecular complexity index is 757. The Morgan fingerprint density at radius 2 is 1.50 bits per heavy atom. The third kappa shape index (κ3) is 6.45. The molecule has 0 spiro atoms. The molecule has 0 aromatic heterocycles. The molecule has 0 fully saturated rings. The Labute approximate surface area is 160 Å². The first kappa shape index (κ1) is 21.6. The third-order valence-electron chi connectivity index (χ3n) is 3.79. The number of hydrogen-bond acceptors (Lipinski definition) is 5. The standard InChI is InChI=1S/C20H21F3O5/c1-3-26-19(25)12-18(24)13(2)27-15-8-10-17(11-9-15)28-16-6-4-14(5-7-16)20(21,22)23/h4-11,13,18,24H,3,12H2,1-2H3. The molecule has 28 heavy (non-hydrogen) atoms. The zero-order chi connectivity index (χ0) is 20.7. The SMILES string of the molecule is CCOC(=O)CC(O)C(C)Oc1ccc(Oc2ccc(C(F)(F)F)cc2)cc1. The first-order valence-corrected chi connectivity index (χ1v) is 8.64. The summed E-state index contributed by atoms with van der Waals surface area (Å²) >= 11 is 0. The van der Waals surface area contributed by atoms with Crippen LogP contribution in [0, 0.1) is 0 Å². The fourth-order valence-corrected chi connectivity index (χ4v) is 2.28. The van der Waals surface area contributed by atoms with Gasteiger partial charge in [-0.15, -0.1) is 0 Å². The number of carbonyl (C=O) groups excluding carboxylic acids is 1. The first-order valence-electron chi connectivity index (χ1n) is 8.64. The summed E-state index contributed by atoms with van der Waals surface area (Å²) in [7, 11) is 0. The predicted molar refractivity (Wildman–Crippen MR) is 95.3 cm³/mol. The number of alkyl halides is 3. The van der Waals surface area contributed by atoms with E-state index >= 15 is 0 Å². The van der Waals surface area contributed by atoms with Crippen molar-refractivity contribution in [3.8, 4) is 17.2 Å². The minimum absolute atomic E-state index is 0.176. The Hall–Kier alpha value is -2.74. The number of hydrogen-bond donors (Lipinski definition) is 1. The van der Waals surface area contributed by atoms with E-state index in [1.165, 1.54) is 12.1 Å². The molecule has 5 nitrogen and oxygen atoms in total. The van der Waals surface area contributed by atoms with E-state index in [-0.39, 0.29) is 18.8 Å². The second kappa shape index (κ2) is 9.45. The van der Waals surface area contributed by atoms with Crippen molar-refractivity contribution in [1.29, 1.82) is 0 Å². The third-order valence-corrected chi connectivity index (χ3v) is 3.79. The molecule has 2 aromatic rings. The molecule has 8 heteroatoms. The van der Waals surface area contributed by atoms with Gasteiger partial charge in [-0.3, -0.25) is 4.79 Å². The van der Waals surface area contributed by atoms with Crippen molar-refractivity contribution in [1.82, 2.24) is 0 Å². The Balaban J connectivity index is 1.91. The summed E-state index contributed by atoms with van der Waals surface area (Å²) < 4.78 is 53.5. The highest BCUT2D eigenvalue weighted by molar-refractivity contribution is 5.70. The number of aliphatic hydroxyl groups excluding tert-OH is 1. The van der Waals surface area contributed by atoms with E-state index in [0.717, 1.165) is 12.1 Å². The molecule has 0 amide bonds. The molecule has 2 unspecified atom stereocenters. The molecule has 0 aliphatic carbocycles. The van der Waals surface area contributed by atoms with Crippen LogP contribution in [0.2, 0.25) is 0 Å². The smallest absolute Gasteiger partial charge is 0.416 e. The van der Waals surface area contributed by atoms with E-state index in [0.29, 0.717) is 11.5 Å². The van der Waals surface area contributed by atoms with Gasteiger partial charge in [0.15, 0.2) is 0 Å². The van der Waals surface area contributed by atoms with Crippen molar-refractivity contribution in [3.63, 3.8) is 0 Å².